The van der Waals surface area contributed by atoms with Gasteiger partial charge in [-0.05, 0) is 61.4 Å². The molecule has 0 radical (unpaired) electrons. The highest BCUT2D eigenvalue weighted by Gasteiger charge is 2.09. The van der Waals surface area contributed by atoms with E-state index >= 15 is 0 Å². The number of rotatable bonds is 9. The number of nitrogens with zero attached hydrogens (tertiary/aromatic N) is 2. The largest absolute Gasteiger partial charge is 0.497 e. The molecular formula is C22H24N4O3. The van der Waals surface area contributed by atoms with Crippen LogP contribution in [0.2, 0.25) is 0 Å². The van der Waals surface area contributed by atoms with Crippen LogP contribution in [0.4, 0.5) is 11.6 Å². The molecular weight excluding hydrogens is 368 g/mol. The van der Waals surface area contributed by atoms with Gasteiger partial charge in [-0.1, -0.05) is 12.1 Å². The van der Waals surface area contributed by atoms with Crippen LogP contribution in [0, 0.1) is 0 Å². The number of methoxy groups -OCH3 is 1. The Morgan fingerprint density at radius 1 is 1.00 bits per heavy atom. The zero-order valence-electron chi connectivity index (χ0n) is 16.5. The van der Waals surface area contributed by atoms with E-state index in [2.05, 4.69) is 20.6 Å². The predicted octanol–water partition coefficient (Wildman–Crippen LogP) is 3.79. The smallest absolute Gasteiger partial charge is 0.274 e. The van der Waals surface area contributed by atoms with Crippen LogP contribution in [0.25, 0.3) is 0 Å². The average molecular weight is 392 g/mol. The van der Waals surface area contributed by atoms with Crippen molar-refractivity contribution < 1.29 is 14.3 Å². The number of hydrogen-bond acceptors (Lipinski definition) is 6. The van der Waals surface area contributed by atoms with Crippen LogP contribution in [0.1, 0.15) is 23.0 Å². The van der Waals surface area contributed by atoms with Gasteiger partial charge in [0.05, 0.1) is 13.7 Å². The molecule has 1 aromatic heterocycles. The first kappa shape index (κ1) is 20.1. The highest BCUT2D eigenvalue weighted by molar-refractivity contribution is 6.02. The molecule has 3 rings (SSSR count). The lowest BCUT2D eigenvalue weighted by Gasteiger charge is -2.09. The Morgan fingerprint density at radius 3 is 2.41 bits per heavy atom. The van der Waals surface area contributed by atoms with Crippen molar-refractivity contribution in [1.82, 2.24) is 9.97 Å². The zero-order valence-corrected chi connectivity index (χ0v) is 16.5. The molecule has 1 amide bonds. The number of ether oxygens (including phenoxy) is 2. The highest BCUT2D eigenvalue weighted by atomic mass is 16.5. The summed E-state index contributed by atoms with van der Waals surface area (Å²) >= 11 is 0. The van der Waals surface area contributed by atoms with Crippen molar-refractivity contribution in [3.05, 3.63) is 72.1 Å². The van der Waals surface area contributed by atoms with E-state index in [9.17, 15) is 4.79 Å². The number of nitrogens with one attached hydrogen (secondary N) is 2. The molecule has 0 fully saturated rings. The molecule has 0 saturated carbocycles. The summed E-state index contributed by atoms with van der Waals surface area (Å²) in [7, 11) is 1.65. The Labute approximate surface area is 170 Å². The third-order valence-corrected chi connectivity index (χ3v) is 4.17. The fourth-order valence-corrected chi connectivity index (χ4v) is 2.68. The fraction of sp³-hybridized carbons (Fsp3) is 0.227. The molecule has 7 nitrogen and oxygen atoms in total. The summed E-state index contributed by atoms with van der Waals surface area (Å²) < 4.78 is 10.6. The molecule has 0 aliphatic carbocycles. The Morgan fingerprint density at radius 2 is 1.72 bits per heavy atom. The van der Waals surface area contributed by atoms with E-state index < -0.39 is 0 Å². The molecule has 0 aliphatic heterocycles. The van der Waals surface area contributed by atoms with Gasteiger partial charge >= 0.3 is 0 Å². The molecule has 150 valence electrons. The van der Waals surface area contributed by atoms with E-state index in [1.54, 1.807) is 31.5 Å². The van der Waals surface area contributed by atoms with E-state index in [0.717, 1.165) is 17.9 Å². The van der Waals surface area contributed by atoms with Gasteiger partial charge in [-0.3, -0.25) is 4.79 Å². The summed E-state index contributed by atoms with van der Waals surface area (Å²) in [4.78, 5) is 20.9. The van der Waals surface area contributed by atoms with E-state index in [1.165, 1.54) is 5.56 Å². The summed E-state index contributed by atoms with van der Waals surface area (Å²) in [5.74, 6) is 1.71. The van der Waals surface area contributed by atoms with Crippen molar-refractivity contribution in [2.75, 3.05) is 30.9 Å². The lowest BCUT2D eigenvalue weighted by atomic mass is 10.1. The van der Waals surface area contributed by atoms with Crippen molar-refractivity contribution in [2.45, 2.75) is 13.3 Å². The summed E-state index contributed by atoms with van der Waals surface area (Å²) in [6.45, 7) is 3.17. The van der Waals surface area contributed by atoms with Gasteiger partial charge in [-0.25, -0.2) is 9.97 Å². The first-order chi connectivity index (χ1) is 14.2. The highest BCUT2D eigenvalue weighted by Crippen LogP contribution is 2.16. The van der Waals surface area contributed by atoms with Gasteiger partial charge in [-0.2, -0.15) is 0 Å². The zero-order chi connectivity index (χ0) is 20.5. The van der Waals surface area contributed by atoms with Gasteiger partial charge in [0.15, 0.2) is 0 Å². The Bertz CT molecular complexity index is 928. The van der Waals surface area contributed by atoms with Gasteiger partial charge < -0.3 is 20.1 Å². The minimum absolute atomic E-state index is 0.292. The monoisotopic (exact) mass is 392 g/mol. The molecule has 7 heteroatoms. The lowest BCUT2D eigenvalue weighted by Crippen LogP contribution is -2.16. The van der Waals surface area contributed by atoms with Crippen LogP contribution in [0.3, 0.4) is 0 Å². The fourth-order valence-electron chi connectivity index (χ4n) is 2.68. The summed E-state index contributed by atoms with van der Waals surface area (Å²) in [6, 6.07) is 16.7. The Hall–Kier alpha value is -3.61. The number of benzene rings is 2. The molecule has 3 aromatic rings. The van der Waals surface area contributed by atoms with Crippen LogP contribution in [-0.4, -0.2) is 36.1 Å². The van der Waals surface area contributed by atoms with E-state index in [4.69, 9.17) is 9.47 Å². The van der Waals surface area contributed by atoms with Crippen LogP contribution >= 0.6 is 0 Å². The van der Waals surface area contributed by atoms with Crippen molar-refractivity contribution in [3.63, 3.8) is 0 Å². The second kappa shape index (κ2) is 10.1. The second-order valence-corrected chi connectivity index (χ2v) is 6.20. The normalized spacial score (nSPS) is 10.3. The molecule has 0 bridgehead atoms. The average Bonchev–Trinajstić information content (AvgIpc) is 2.76. The molecule has 0 aliphatic rings. The van der Waals surface area contributed by atoms with E-state index in [1.807, 2.05) is 43.3 Å². The summed E-state index contributed by atoms with van der Waals surface area (Å²) in [5.41, 5.74) is 2.13. The van der Waals surface area contributed by atoms with Gasteiger partial charge in [0.2, 0.25) is 5.95 Å². The number of anilines is 2. The number of hydrogen-bond donors (Lipinski definition) is 2. The topological polar surface area (TPSA) is 85.4 Å². The van der Waals surface area contributed by atoms with Crippen molar-refractivity contribution in [2.24, 2.45) is 0 Å². The standard InChI is InChI=1S/C22H24N4O3/c1-3-29-19-10-6-17(7-11-19)25-21(27)20-13-15-24-22(26-20)23-14-12-16-4-8-18(28-2)9-5-16/h4-11,13,15H,3,12,14H2,1-2H3,(H,25,27)(H,23,24,26). The molecule has 1 heterocycles. The SMILES string of the molecule is CCOc1ccc(NC(=O)c2ccnc(NCCc3ccc(OC)cc3)n2)cc1. The Balaban J connectivity index is 1.54. The molecule has 0 unspecified atom stereocenters. The first-order valence-electron chi connectivity index (χ1n) is 9.42. The maximum absolute atomic E-state index is 12.5. The molecule has 2 N–H and O–H groups in total. The second-order valence-electron chi connectivity index (χ2n) is 6.20. The van der Waals surface area contributed by atoms with Crippen LogP contribution in [0.15, 0.2) is 60.8 Å². The maximum Gasteiger partial charge on any atom is 0.274 e. The molecule has 0 saturated heterocycles. The lowest BCUT2D eigenvalue weighted by molar-refractivity contribution is 0.102. The quantitative estimate of drug-likeness (QED) is 0.576. The molecule has 0 atom stereocenters. The molecule has 0 spiro atoms. The van der Waals surface area contributed by atoms with Gasteiger partial charge in [-0.15, -0.1) is 0 Å². The van der Waals surface area contributed by atoms with Crippen LogP contribution in [0.5, 0.6) is 11.5 Å². The summed E-state index contributed by atoms with van der Waals surface area (Å²) in [6.07, 6.45) is 2.37. The third-order valence-electron chi connectivity index (χ3n) is 4.17. The maximum atomic E-state index is 12.5. The van der Waals surface area contributed by atoms with E-state index in [0.29, 0.717) is 30.5 Å². The molecule has 2 aromatic carbocycles. The van der Waals surface area contributed by atoms with Crippen molar-refractivity contribution in [1.29, 1.82) is 0 Å². The Kier molecular flexibility index (Phi) is 7.00. The predicted molar refractivity (Wildman–Crippen MR) is 113 cm³/mol. The van der Waals surface area contributed by atoms with E-state index in [-0.39, 0.29) is 5.91 Å². The minimum atomic E-state index is -0.297. The first-order valence-corrected chi connectivity index (χ1v) is 9.42. The van der Waals surface area contributed by atoms with Crippen LogP contribution in [-0.2, 0) is 6.42 Å². The molecule has 29 heavy (non-hydrogen) atoms. The van der Waals surface area contributed by atoms with Crippen molar-refractivity contribution in [3.8, 4) is 11.5 Å². The summed E-state index contributed by atoms with van der Waals surface area (Å²) in [5, 5.41) is 5.98. The van der Waals surface area contributed by atoms with Crippen molar-refractivity contribution >= 4 is 17.5 Å². The van der Waals surface area contributed by atoms with Crippen LogP contribution < -0.4 is 20.1 Å². The third kappa shape index (κ3) is 5.93. The number of aromatic nitrogens is 2. The minimum Gasteiger partial charge on any atom is -0.497 e. The number of amides is 1. The van der Waals surface area contributed by atoms with Gasteiger partial charge in [0, 0.05) is 18.4 Å². The number of carbonyl (C=O) groups is 1. The van der Waals surface area contributed by atoms with Gasteiger partial charge in [0.25, 0.3) is 5.91 Å². The van der Waals surface area contributed by atoms with Gasteiger partial charge in [0.1, 0.15) is 17.2 Å². The number of carbonyl (C=O) groups excluding carboxylic acids is 1.